The second-order valence-corrected chi connectivity index (χ2v) is 7.18. The van der Waals surface area contributed by atoms with Gasteiger partial charge in [0, 0.05) is 11.3 Å². The summed E-state index contributed by atoms with van der Waals surface area (Å²) in [6.07, 6.45) is 0. The number of fused-ring (bicyclic) bond motifs is 1. The van der Waals surface area contributed by atoms with Gasteiger partial charge >= 0.3 is 0 Å². The van der Waals surface area contributed by atoms with Crippen LogP contribution in [0, 0.1) is 13.8 Å². The molecule has 25 heavy (non-hydrogen) atoms. The Balaban J connectivity index is 1.54. The van der Waals surface area contributed by atoms with Gasteiger partial charge in [0.25, 0.3) is 0 Å². The number of hydrogen-bond acceptors (Lipinski definition) is 4. The normalized spacial score (nSPS) is 12.3. The maximum absolute atomic E-state index is 12.2. The summed E-state index contributed by atoms with van der Waals surface area (Å²) in [5.41, 5.74) is 3.10. The van der Waals surface area contributed by atoms with Crippen molar-refractivity contribution >= 4 is 28.4 Å². The number of nitrogens with zero attached hydrogens (tertiary/aromatic N) is 1. The van der Waals surface area contributed by atoms with Gasteiger partial charge in [-0.05, 0) is 43.2 Å². The van der Waals surface area contributed by atoms with Crippen molar-refractivity contribution in [2.45, 2.75) is 32.6 Å². The van der Waals surface area contributed by atoms with Gasteiger partial charge in [-0.2, -0.15) is 0 Å². The molecule has 0 aliphatic rings. The number of carbonyl (C=O) groups excluding carboxylic acids is 1. The van der Waals surface area contributed by atoms with Crippen LogP contribution in [0.25, 0.3) is 10.8 Å². The standard InChI is InChI=1S/C20H22N2O2S/c1-13(17-9-8-16-6-4-5-7-18(16)10-17)21-20(23)12-25-11-19-14(2)22-24-15(19)3/h4-10,13H,11-12H2,1-3H3,(H,21,23)/t13-/m0/s1. The van der Waals surface area contributed by atoms with Crippen molar-refractivity contribution in [3.8, 4) is 0 Å². The molecule has 0 bridgehead atoms. The predicted octanol–water partition coefficient (Wildman–Crippen LogP) is 4.56. The Morgan fingerprint density at radius 2 is 1.96 bits per heavy atom. The van der Waals surface area contributed by atoms with E-state index in [2.05, 4.69) is 40.8 Å². The van der Waals surface area contributed by atoms with Crippen LogP contribution in [0.4, 0.5) is 0 Å². The molecule has 0 spiro atoms. The SMILES string of the molecule is Cc1noc(C)c1CSCC(=O)N[C@@H](C)c1ccc2ccccc2c1. The number of aryl methyl sites for hydroxylation is 2. The van der Waals surface area contributed by atoms with E-state index >= 15 is 0 Å². The molecule has 3 rings (SSSR count). The first kappa shape index (κ1) is 17.5. The Labute approximate surface area is 152 Å². The lowest BCUT2D eigenvalue weighted by molar-refractivity contribution is -0.119. The minimum atomic E-state index is -0.0169. The molecule has 1 amide bonds. The highest BCUT2D eigenvalue weighted by atomic mass is 32.2. The molecule has 4 nitrogen and oxygen atoms in total. The maximum atomic E-state index is 12.2. The average Bonchev–Trinajstić information content (AvgIpc) is 2.93. The number of amides is 1. The van der Waals surface area contributed by atoms with Crippen LogP contribution in [0.5, 0.6) is 0 Å². The molecule has 0 saturated heterocycles. The zero-order chi connectivity index (χ0) is 17.8. The van der Waals surface area contributed by atoms with Crippen LogP contribution >= 0.6 is 11.8 Å². The molecule has 0 saturated carbocycles. The molecule has 3 aromatic rings. The van der Waals surface area contributed by atoms with Crippen molar-refractivity contribution in [2.24, 2.45) is 0 Å². The summed E-state index contributed by atoms with van der Waals surface area (Å²) in [6.45, 7) is 5.84. The fraction of sp³-hybridized carbons (Fsp3) is 0.300. The number of nitrogens with one attached hydrogen (secondary N) is 1. The molecule has 0 radical (unpaired) electrons. The second-order valence-electron chi connectivity index (χ2n) is 6.19. The van der Waals surface area contributed by atoms with Crippen molar-refractivity contribution in [3.05, 3.63) is 65.0 Å². The number of benzene rings is 2. The van der Waals surface area contributed by atoms with E-state index in [0.29, 0.717) is 5.75 Å². The van der Waals surface area contributed by atoms with E-state index < -0.39 is 0 Å². The minimum absolute atomic E-state index is 0.0169. The Kier molecular flexibility index (Phi) is 5.43. The molecule has 2 aromatic carbocycles. The molecule has 0 aliphatic carbocycles. The van der Waals surface area contributed by atoms with Crippen molar-refractivity contribution in [3.63, 3.8) is 0 Å². The highest BCUT2D eigenvalue weighted by molar-refractivity contribution is 7.99. The summed E-state index contributed by atoms with van der Waals surface area (Å²) in [5, 5.41) is 9.41. The molecule has 0 unspecified atom stereocenters. The van der Waals surface area contributed by atoms with Crippen LogP contribution in [-0.2, 0) is 10.5 Å². The van der Waals surface area contributed by atoms with Gasteiger partial charge in [0.15, 0.2) is 0 Å². The van der Waals surface area contributed by atoms with E-state index in [-0.39, 0.29) is 11.9 Å². The smallest absolute Gasteiger partial charge is 0.230 e. The Hall–Kier alpha value is -2.27. The summed E-state index contributed by atoms with van der Waals surface area (Å²) in [5.74, 6) is 2.02. The topological polar surface area (TPSA) is 55.1 Å². The fourth-order valence-corrected chi connectivity index (χ4v) is 3.78. The molecule has 0 aliphatic heterocycles. The predicted molar refractivity (Wildman–Crippen MR) is 103 cm³/mol. The number of rotatable bonds is 6. The number of thioether (sulfide) groups is 1. The minimum Gasteiger partial charge on any atom is -0.361 e. The van der Waals surface area contributed by atoms with Gasteiger partial charge < -0.3 is 9.84 Å². The summed E-state index contributed by atoms with van der Waals surface area (Å²) in [7, 11) is 0. The molecule has 1 aromatic heterocycles. The summed E-state index contributed by atoms with van der Waals surface area (Å²) >= 11 is 1.58. The first-order valence-electron chi connectivity index (χ1n) is 8.32. The van der Waals surface area contributed by atoms with Crippen LogP contribution in [0.3, 0.4) is 0 Å². The van der Waals surface area contributed by atoms with Crippen LogP contribution in [0.2, 0.25) is 0 Å². The van der Waals surface area contributed by atoms with Gasteiger partial charge in [-0.25, -0.2) is 0 Å². The molecule has 1 N–H and O–H groups in total. The lowest BCUT2D eigenvalue weighted by atomic mass is 10.0. The molecule has 1 atom stereocenters. The number of hydrogen-bond donors (Lipinski definition) is 1. The van der Waals surface area contributed by atoms with E-state index in [0.717, 1.165) is 28.3 Å². The molecule has 5 heteroatoms. The quantitative estimate of drug-likeness (QED) is 0.705. The van der Waals surface area contributed by atoms with Crippen molar-refractivity contribution in [1.29, 1.82) is 0 Å². The average molecular weight is 354 g/mol. The van der Waals surface area contributed by atoms with Gasteiger partial charge in [0.05, 0.1) is 17.5 Å². The third-order valence-corrected chi connectivity index (χ3v) is 5.27. The lowest BCUT2D eigenvalue weighted by Crippen LogP contribution is -2.28. The molecule has 1 heterocycles. The highest BCUT2D eigenvalue weighted by Crippen LogP contribution is 2.21. The van der Waals surface area contributed by atoms with Crippen LogP contribution in [0.15, 0.2) is 47.0 Å². The van der Waals surface area contributed by atoms with Gasteiger partial charge in [0.1, 0.15) is 5.76 Å². The molecule has 0 fully saturated rings. The van der Waals surface area contributed by atoms with Crippen LogP contribution in [-0.4, -0.2) is 16.8 Å². The Bertz CT molecular complexity index is 869. The van der Waals surface area contributed by atoms with E-state index in [4.69, 9.17) is 4.52 Å². The highest BCUT2D eigenvalue weighted by Gasteiger charge is 2.12. The van der Waals surface area contributed by atoms with Crippen LogP contribution in [0.1, 0.15) is 35.5 Å². The Morgan fingerprint density at radius 3 is 2.68 bits per heavy atom. The van der Waals surface area contributed by atoms with Crippen LogP contribution < -0.4 is 5.32 Å². The first-order chi connectivity index (χ1) is 12.0. The first-order valence-corrected chi connectivity index (χ1v) is 9.47. The third-order valence-electron chi connectivity index (χ3n) is 4.31. The van der Waals surface area contributed by atoms with Gasteiger partial charge in [-0.15, -0.1) is 11.8 Å². The molecular formula is C20H22N2O2S. The van der Waals surface area contributed by atoms with Gasteiger partial charge in [-0.1, -0.05) is 41.6 Å². The zero-order valence-electron chi connectivity index (χ0n) is 14.7. The fourth-order valence-electron chi connectivity index (χ4n) is 2.80. The molecular weight excluding hydrogens is 332 g/mol. The van der Waals surface area contributed by atoms with Crippen molar-refractivity contribution < 1.29 is 9.32 Å². The van der Waals surface area contributed by atoms with Gasteiger partial charge in [-0.3, -0.25) is 4.79 Å². The second kappa shape index (κ2) is 7.74. The monoisotopic (exact) mass is 354 g/mol. The summed E-state index contributed by atoms with van der Waals surface area (Å²) in [6, 6.07) is 14.5. The van der Waals surface area contributed by atoms with Crippen molar-refractivity contribution in [2.75, 3.05) is 5.75 Å². The van der Waals surface area contributed by atoms with E-state index in [1.165, 1.54) is 10.8 Å². The molecule has 130 valence electrons. The third kappa shape index (κ3) is 4.23. The largest absolute Gasteiger partial charge is 0.361 e. The van der Waals surface area contributed by atoms with E-state index in [1.54, 1.807) is 11.8 Å². The number of carbonyl (C=O) groups is 1. The maximum Gasteiger partial charge on any atom is 0.230 e. The van der Waals surface area contributed by atoms with Gasteiger partial charge in [0.2, 0.25) is 5.91 Å². The zero-order valence-corrected chi connectivity index (χ0v) is 15.5. The van der Waals surface area contributed by atoms with E-state index in [9.17, 15) is 4.79 Å². The summed E-state index contributed by atoms with van der Waals surface area (Å²) in [4.78, 5) is 12.2. The summed E-state index contributed by atoms with van der Waals surface area (Å²) < 4.78 is 5.15. The van der Waals surface area contributed by atoms with Crippen molar-refractivity contribution in [1.82, 2.24) is 10.5 Å². The number of aromatic nitrogens is 1. The Morgan fingerprint density at radius 1 is 1.20 bits per heavy atom. The lowest BCUT2D eigenvalue weighted by Gasteiger charge is -2.15. The van der Waals surface area contributed by atoms with E-state index in [1.807, 2.05) is 32.9 Å².